The van der Waals surface area contributed by atoms with E-state index in [1.54, 1.807) is 24.4 Å². The molecule has 1 aliphatic carbocycles. The zero-order chi connectivity index (χ0) is 15.6. The van der Waals surface area contributed by atoms with Gasteiger partial charge in [0.15, 0.2) is 0 Å². The molecule has 1 fully saturated rings. The summed E-state index contributed by atoms with van der Waals surface area (Å²) in [5.41, 5.74) is 1.36. The Morgan fingerprint density at radius 1 is 1.14 bits per heavy atom. The second-order valence-electron chi connectivity index (χ2n) is 5.97. The minimum absolute atomic E-state index is 0.0482. The first kappa shape index (κ1) is 14.7. The van der Waals surface area contributed by atoms with Gasteiger partial charge in [-0.3, -0.25) is 4.79 Å². The second-order valence-corrected chi connectivity index (χ2v) is 5.97. The fourth-order valence-corrected chi connectivity index (χ4v) is 3.17. The number of anilines is 1. The maximum absolute atomic E-state index is 13.2. The Morgan fingerprint density at radius 3 is 2.41 bits per heavy atom. The van der Waals surface area contributed by atoms with Gasteiger partial charge in [-0.1, -0.05) is 31.0 Å². The summed E-state index contributed by atoms with van der Waals surface area (Å²) in [4.78, 5) is 17.1. The number of rotatable bonds is 3. The number of nitrogens with one attached hydrogen (secondary N) is 1. The first-order valence-corrected chi connectivity index (χ1v) is 7.60. The molecule has 114 valence electrons. The maximum Gasteiger partial charge on any atom is 0.236 e. The van der Waals surface area contributed by atoms with Crippen LogP contribution in [0, 0.1) is 12.7 Å². The molecule has 1 aromatic carbocycles. The van der Waals surface area contributed by atoms with Crippen LogP contribution >= 0.6 is 0 Å². The zero-order valence-electron chi connectivity index (χ0n) is 12.6. The van der Waals surface area contributed by atoms with Crippen LogP contribution in [0.1, 0.15) is 36.8 Å². The van der Waals surface area contributed by atoms with Crippen molar-refractivity contribution in [1.82, 2.24) is 4.98 Å². The van der Waals surface area contributed by atoms with Gasteiger partial charge in [0, 0.05) is 6.20 Å². The topological polar surface area (TPSA) is 42.0 Å². The van der Waals surface area contributed by atoms with Crippen molar-refractivity contribution in [3.8, 4) is 0 Å². The standard InChI is InChI=1S/C18H19FN2O/c1-13-4-9-16(20-12-13)21-17(22)18(10-2-3-11-18)14-5-7-15(19)8-6-14/h4-9,12H,2-3,10-11H2,1H3,(H,20,21,22). The van der Waals surface area contributed by atoms with Gasteiger partial charge in [0.2, 0.25) is 5.91 Å². The SMILES string of the molecule is Cc1ccc(NC(=O)C2(c3ccc(F)cc3)CCCC2)nc1. The number of benzene rings is 1. The molecule has 0 atom stereocenters. The molecule has 0 aliphatic heterocycles. The van der Waals surface area contributed by atoms with E-state index in [4.69, 9.17) is 0 Å². The van der Waals surface area contributed by atoms with Crippen LogP contribution in [0.3, 0.4) is 0 Å². The summed E-state index contributed by atoms with van der Waals surface area (Å²) >= 11 is 0. The van der Waals surface area contributed by atoms with Crippen LogP contribution in [0.2, 0.25) is 0 Å². The lowest BCUT2D eigenvalue weighted by atomic mass is 9.78. The van der Waals surface area contributed by atoms with Gasteiger partial charge in [0.05, 0.1) is 5.41 Å². The molecule has 0 spiro atoms. The molecule has 0 radical (unpaired) electrons. The van der Waals surface area contributed by atoms with Crippen molar-refractivity contribution in [2.75, 3.05) is 5.32 Å². The smallest absolute Gasteiger partial charge is 0.236 e. The van der Waals surface area contributed by atoms with Gasteiger partial charge < -0.3 is 5.32 Å². The summed E-state index contributed by atoms with van der Waals surface area (Å²) in [5.74, 6) is 0.231. The summed E-state index contributed by atoms with van der Waals surface area (Å²) in [6.45, 7) is 1.95. The molecular formula is C18H19FN2O. The number of pyridine rings is 1. The third kappa shape index (κ3) is 2.73. The number of carbonyl (C=O) groups is 1. The largest absolute Gasteiger partial charge is 0.310 e. The van der Waals surface area contributed by atoms with Crippen LogP contribution in [-0.4, -0.2) is 10.9 Å². The molecule has 1 N–H and O–H groups in total. The minimum Gasteiger partial charge on any atom is -0.310 e. The number of aromatic nitrogens is 1. The molecule has 22 heavy (non-hydrogen) atoms. The Kier molecular flexibility index (Phi) is 3.92. The van der Waals surface area contributed by atoms with Gasteiger partial charge in [-0.25, -0.2) is 9.37 Å². The first-order chi connectivity index (χ1) is 10.6. The Bertz CT molecular complexity index is 658. The van der Waals surface area contributed by atoms with E-state index < -0.39 is 5.41 Å². The Hall–Kier alpha value is -2.23. The molecule has 1 aliphatic rings. The lowest BCUT2D eigenvalue weighted by Crippen LogP contribution is -2.38. The van der Waals surface area contributed by atoms with Crippen LogP contribution in [0.15, 0.2) is 42.6 Å². The van der Waals surface area contributed by atoms with Crippen molar-refractivity contribution in [3.05, 3.63) is 59.5 Å². The highest BCUT2D eigenvalue weighted by Crippen LogP contribution is 2.42. The van der Waals surface area contributed by atoms with E-state index in [0.29, 0.717) is 5.82 Å². The summed E-state index contributed by atoms with van der Waals surface area (Å²) in [5, 5.41) is 2.92. The molecule has 3 rings (SSSR count). The van der Waals surface area contributed by atoms with Crippen molar-refractivity contribution in [1.29, 1.82) is 0 Å². The molecular weight excluding hydrogens is 279 g/mol. The van der Waals surface area contributed by atoms with Crippen LogP contribution in [0.4, 0.5) is 10.2 Å². The van der Waals surface area contributed by atoms with E-state index in [-0.39, 0.29) is 11.7 Å². The number of nitrogens with zero attached hydrogens (tertiary/aromatic N) is 1. The van der Waals surface area contributed by atoms with Crippen molar-refractivity contribution >= 4 is 11.7 Å². The van der Waals surface area contributed by atoms with Crippen molar-refractivity contribution in [3.63, 3.8) is 0 Å². The zero-order valence-corrected chi connectivity index (χ0v) is 12.6. The third-order valence-corrected chi connectivity index (χ3v) is 4.44. The average molecular weight is 298 g/mol. The fourth-order valence-electron chi connectivity index (χ4n) is 3.17. The van der Waals surface area contributed by atoms with Crippen LogP contribution in [0.5, 0.6) is 0 Å². The minimum atomic E-state index is -0.569. The molecule has 0 saturated heterocycles. The number of halogens is 1. The molecule has 1 amide bonds. The van der Waals surface area contributed by atoms with Gasteiger partial charge in [-0.2, -0.15) is 0 Å². The molecule has 2 aromatic rings. The van der Waals surface area contributed by atoms with E-state index in [1.165, 1.54) is 12.1 Å². The van der Waals surface area contributed by atoms with Crippen molar-refractivity contribution in [2.24, 2.45) is 0 Å². The predicted molar refractivity (Wildman–Crippen MR) is 84.1 cm³/mol. The summed E-state index contributed by atoms with van der Waals surface area (Å²) in [7, 11) is 0. The number of amides is 1. The summed E-state index contributed by atoms with van der Waals surface area (Å²) in [6.07, 6.45) is 5.32. The molecule has 1 saturated carbocycles. The summed E-state index contributed by atoms with van der Waals surface area (Å²) < 4.78 is 13.2. The van der Waals surface area contributed by atoms with Gasteiger partial charge in [-0.15, -0.1) is 0 Å². The lowest BCUT2D eigenvalue weighted by Gasteiger charge is -2.28. The molecule has 3 nitrogen and oxygen atoms in total. The normalized spacial score (nSPS) is 16.5. The molecule has 1 aromatic heterocycles. The summed E-state index contributed by atoms with van der Waals surface area (Å²) in [6, 6.07) is 10.0. The highest BCUT2D eigenvalue weighted by Gasteiger charge is 2.42. The van der Waals surface area contributed by atoms with E-state index in [0.717, 1.165) is 36.8 Å². The van der Waals surface area contributed by atoms with E-state index in [2.05, 4.69) is 10.3 Å². The van der Waals surface area contributed by atoms with Gasteiger partial charge in [0.25, 0.3) is 0 Å². The van der Waals surface area contributed by atoms with Crippen LogP contribution in [-0.2, 0) is 10.2 Å². The number of hydrogen-bond acceptors (Lipinski definition) is 2. The quantitative estimate of drug-likeness (QED) is 0.931. The third-order valence-electron chi connectivity index (χ3n) is 4.44. The molecule has 0 bridgehead atoms. The molecule has 0 unspecified atom stereocenters. The Morgan fingerprint density at radius 2 is 1.82 bits per heavy atom. The monoisotopic (exact) mass is 298 g/mol. The second kappa shape index (κ2) is 5.87. The fraction of sp³-hybridized carbons (Fsp3) is 0.333. The Labute approximate surface area is 129 Å². The van der Waals surface area contributed by atoms with E-state index >= 15 is 0 Å². The maximum atomic E-state index is 13.2. The number of aryl methyl sites for hydroxylation is 1. The average Bonchev–Trinajstić information content (AvgIpc) is 3.01. The van der Waals surface area contributed by atoms with E-state index in [9.17, 15) is 9.18 Å². The van der Waals surface area contributed by atoms with Crippen LogP contribution < -0.4 is 5.32 Å². The number of carbonyl (C=O) groups excluding carboxylic acids is 1. The van der Waals surface area contributed by atoms with Gasteiger partial charge >= 0.3 is 0 Å². The van der Waals surface area contributed by atoms with E-state index in [1.807, 2.05) is 13.0 Å². The van der Waals surface area contributed by atoms with Gasteiger partial charge in [-0.05, 0) is 49.1 Å². The van der Waals surface area contributed by atoms with Crippen molar-refractivity contribution < 1.29 is 9.18 Å². The highest BCUT2D eigenvalue weighted by atomic mass is 19.1. The van der Waals surface area contributed by atoms with Crippen LogP contribution in [0.25, 0.3) is 0 Å². The lowest BCUT2D eigenvalue weighted by molar-refractivity contribution is -0.121. The number of hydrogen-bond donors (Lipinski definition) is 1. The molecule has 1 heterocycles. The highest BCUT2D eigenvalue weighted by molar-refractivity contribution is 5.98. The predicted octanol–water partition coefficient (Wildman–Crippen LogP) is 3.98. The van der Waals surface area contributed by atoms with Gasteiger partial charge in [0.1, 0.15) is 11.6 Å². The first-order valence-electron chi connectivity index (χ1n) is 7.60. The molecule has 4 heteroatoms. The Balaban J connectivity index is 1.88. The van der Waals surface area contributed by atoms with Crippen molar-refractivity contribution in [2.45, 2.75) is 38.0 Å².